The summed E-state index contributed by atoms with van der Waals surface area (Å²) in [5.74, 6) is 0. The van der Waals surface area contributed by atoms with Crippen LogP contribution in [-0.4, -0.2) is 8.11 Å². The zero-order valence-corrected chi connectivity index (χ0v) is 5.84. The number of hydrogen-bond donors (Lipinski definition) is 0. The van der Waals surface area contributed by atoms with E-state index in [2.05, 4.69) is 14.3 Å². The summed E-state index contributed by atoms with van der Waals surface area (Å²) in [4.78, 5) is 0. The largest absolute Gasteiger partial charge is 0.308 e. The molecule has 0 aromatic rings. The summed E-state index contributed by atoms with van der Waals surface area (Å²) in [6, 6.07) is 0. The van der Waals surface area contributed by atoms with Crippen LogP contribution >= 0.6 is 11.4 Å². The van der Waals surface area contributed by atoms with Gasteiger partial charge >= 0.3 is 8.11 Å². The molecular formula is CH3N2S2Si. The molecule has 1 heterocycles. The first-order valence-electron chi connectivity index (χ1n) is 1.48. The third-order valence-electron chi connectivity index (χ3n) is 0.372. The Kier molecular flexibility index (Phi) is 1.44. The van der Waals surface area contributed by atoms with Gasteiger partial charge in [-0.2, -0.15) is 0 Å². The molecule has 33 valence electrons. The molecule has 0 amide bonds. The molecule has 0 fully saturated rings. The number of rotatable bonds is 0. The molecule has 0 bridgehead atoms. The van der Waals surface area contributed by atoms with Gasteiger partial charge in [-0.05, 0) is 17.9 Å². The van der Waals surface area contributed by atoms with Gasteiger partial charge in [-0.15, -0.1) is 3.77 Å². The standard InChI is InChI=1S/CH3N2S2Si/c1-6-3-4-2-5-6/h1H3. The third-order valence-corrected chi connectivity index (χ3v) is 4.69. The highest BCUT2D eigenvalue weighted by molar-refractivity contribution is 8.27. The minimum absolute atomic E-state index is 0.419. The Morgan fingerprint density at radius 1 is 1.67 bits per heavy atom. The van der Waals surface area contributed by atoms with Crippen LogP contribution in [0.15, 0.2) is 7.80 Å². The summed E-state index contributed by atoms with van der Waals surface area (Å²) < 4.78 is 7.93. The molecule has 1 rings (SSSR count). The molecule has 0 aromatic heterocycles. The van der Waals surface area contributed by atoms with E-state index in [0.29, 0.717) is 0 Å². The van der Waals surface area contributed by atoms with Crippen molar-refractivity contribution < 1.29 is 0 Å². The molecule has 0 unspecified atom stereocenters. The fourth-order valence-electron chi connectivity index (χ4n) is 0.161. The SMILES string of the molecule is C[Si]1N=S=NS1. The maximum absolute atomic E-state index is 4.05. The summed E-state index contributed by atoms with van der Waals surface area (Å²) in [6.45, 7) is 2.12. The highest BCUT2D eigenvalue weighted by Gasteiger charge is 2.04. The molecule has 5 heteroatoms. The Hall–Kier alpha value is 0.387. The highest BCUT2D eigenvalue weighted by atomic mass is 32.4. The van der Waals surface area contributed by atoms with Crippen LogP contribution in [0.4, 0.5) is 0 Å². The summed E-state index contributed by atoms with van der Waals surface area (Å²) in [5.41, 5.74) is 0. The summed E-state index contributed by atoms with van der Waals surface area (Å²) in [5, 5.41) is 0. The molecule has 6 heavy (non-hydrogen) atoms. The van der Waals surface area contributed by atoms with Crippen LogP contribution in [0.3, 0.4) is 0 Å². The lowest BCUT2D eigenvalue weighted by atomic mass is 11.9. The Morgan fingerprint density at radius 2 is 2.50 bits per heavy atom. The van der Waals surface area contributed by atoms with Crippen LogP contribution in [-0.2, 0) is 11.4 Å². The molecule has 0 saturated heterocycles. The van der Waals surface area contributed by atoms with Crippen molar-refractivity contribution in [2.45, 2.75) is 6.55 Å². The van der Waals surface area contributed by atoms with Crippen molar-refractivity contribution in [3.05, 3.63) is 0 Å². The fourth-order valence-corrected chi connectivity index (χ4v) is 3.62. The predicted molar refractivity (Wildman–Crippen MR) is 31.4 cm³/mol. The summed E-state index contributed by atoms with van der Waals surface area (Å²) in [6.07, 6.45) is 0. The van der Waals surface area contributed by atoms with Gasteiger partial charge in [0.05, 0.1) is 11.4 Å². The van der Waals surface area contributed by atoms with Gasteiger partial charge in [0.1, 0.15) is 0 Å². The van der Waals surface area contributed by atoms with E-state index < -0.39 is 8.11 Å². The minimum Gasteiger partial charge on any atom is -0.240 e. The van der Waals surface area contributed by atoms with Crippen LogP contribution in [0.1, 0.15) is 0 Å². The van der Waals surface area contributed by atoms with Gasteiger partial charge in [0.25, 0.3) is 0 Å². The summed E-state index contributed by atoms with van der Waals surface area (Å²) >= 11 is 2.96. The van der Waals surface area contributed by atoms with Gasteiger partial charge in [0.15, 0.2) is 0 Å². The number of hydrogen-bond acceptors (Lipinski definition) is 3. The van der Waals surface area contributed by atoms with E-state index in [4.69, 9.17) is 0 Å². The second-order valence-electron chi connectivity index (χ2n) is 0.858. The molecule has 1 aliphatic rings. The lowest BCUT2D eigenvalue weighted by Gasteiger charge is -1.78. The second-order valence-corrected chi connectivity index (χ2v) is 5.89. The molecule has 0 N–H and O–H groups in total. The molecule has 1 aliphatic heterocycles. The first-order valence-corrected chi connectivity index (χ1v) is 5.65. The van der Waals surface area contributed by atoms with Gasteiger partial charge < -0.3 is 0 Å². The average Bonchev–Trinajstić information content (AvgIpc) is 1.86. The van der Waals surface area contributed by atoms with Crippen molar-refractivity contribution >= 4 is 30.9 Å². The lowest BCUT2D eigenvalue weighted by Crippen LogP contribution is -1.87. The van der Waals surface area contributed by atoms with Gasteiger partial charge in [-0.1, -0.05) is 0 Å². The predicted octanol–water partition coefficient (Wildman–Crippen LogP) is 1.22. The molecule has 0 aromatic carbocycles. The summed E-state index contributed by atoms with van der Waals surface area (Å²) in [7, 11) is -0.419. The van der Waals surface area contributed by atoms with E-state index in [1.54, 1.807) is 11.4 Å². The smallest absolute Gasteiger partial charge is 0.240 e. The van der Waals surface area contributed by atoms with E-state index in [1.807, 2.05) is 0 Å². The monoisotopic (exact) mass is 135 g/mol. The van der Waals surface area contributed by atoms with Crippen LogP contribution in [0, 0.1) is 0 Å². The van der Waals surface area contributed by atoms with Crippen molar-refractivity contribution in [3.8, 4) is 0 Å². The lowest BCUT2D eigenvalue weighted by molar-refractivity contribution is 1.92. The van der Waals surface area contributed by atoms with Gasteiger partial charge in [-0.25, -0.2) is 4.03 Å². The van der Waals surface area contributed by atoms with Crippen LogP contribution in [0.25, 0.3) is 0 Å². The zero-order chi connectivity index (χ0) is 4.41. The Morgan fingerprint density at radius 3 is 2.67 bits per heavy atom. The first-order chi connectivity index (χ1) is 2.89. The van der Waals surface area contributed by atoms with Crippen molar-refractivity contribution in [1.82, 2.24) is 0 Å². The van der Waals surface area contributed by atoms with Crippen molar-refractivity contribution in [2.75, 3.05) is 0 Å². The molecular weight excluding hydrogens is 132 g/mol. The normalized spacial score (nSPS) is 21.5. The molecule has 0 saturated carbocycles. The van der Waals surface area contributed by atoms with Crippen LogP contribution in [0.2, 0.25) is 6.55 Å². The minimum atomic E-state index is -0.419. The molecule has 0 atom stereocenters. The van der Waals surface area contributed by atoms with Crippen molar-refractivity contribution in [3.63, 3.8) is 0 Å². The Balaban J connectivity index is 2.55. The Bertz CT molecular complexity index is 106. The molecule has 1 radical (unpaired) electrons. The molecule has 0 spiro atoms. The van der Waals surface area contributed by atoms with Gasteiger partial charge in [0.2, 0.25) is 0 Å². The van der Waals surface area contributed by atoms with E-state index in [1.165, 1.54) is 11.4 Å². The maximum Gasteiger partial charge on any atom is 0.308 e. The topological polar surface area (TPSA) is 24.7 Å². The van der Waals surface area contributed by atoms with E-state index in [9.17, 15) is 0 Å². The first kappa shape index (κ1) is 4.54. The Labute approximate surface area is 45.7 Å². The molecule has 0 aliphatic carbocycles. The van der Waals surface area contributed by atoms with Crippen molar-refractivity contribution in [1.29, 1.82) is 0 Å². The maximum atomic E-state index is 4.05. The van der Waals surface area contributed by atoms with E-state index in [0.717, 1.165) is 0 Å². The van der Waals surface area contributed by atoms with Gasteiger partial charge in [0, 0.05) is 0 Å². The van der Waals surface area contributed by atoms with E-state index >= 15 is 0 Å². The average molecular weight is 135 g/mol. The highest BCUT2D eigenvalue weighted by Crippen LogP contribution is 2.12. The number of nitrogens with zero attached hydrogens (tertiary/aromatic N) is 2. The fraction of sp³-hybridized carbons (Fsp3) is 1.00. The third kappa shape index (κ3) is 0.922. The van der Waals surface area contributed by atoms with Crippen LogP contribution in [0.5, 0.6) is 0 Å². The zero-order valence-electron chi connectivity index (χ0n) is 3.21. The van der Waals surface area contributed by atoms with Crippen molar-refractivity contribution in [2.24, 2.45) is 7.80 Å². The van der Waals surface area contributed by atoms with Crippen LogP contribution < -0.4 is 0 Å². The van der Waals surface area contributed by atoms with E-state index in [-0.39, 0.29) is 0 Å². The quantitative estimate of drug-likeness (QED) is 0.362. The van der Waals surface area contributed by atoms with Gasteiger partial charge in [-0.3, -0.25) is 0 Å². The molecule has 2 nitrogen and oxygen atoms in total. The second kappa shape index (κ2) is 1.90.